The molecular formula is C22H16F4N2O4S. The van der Waals surface area contributed by atoms with E-state index in [1.807, 2.05) is 0 Å². The van der Waals surface area contributed by atoms with Crippen LogP contribution in [0.5, 0.6) is 5.75 Å². The topological polar surface area (TPSA) is 84.8 Å². The lowest BCUT2D eigenvalue weighted by molar-refractivity contribution is -0.137. The number of hydrogen-bond donors (Lipinski definition) is 1. The Balaban J connectivity index is 1.71. The van der Waals surface area contributed by atoms with Gasteiger partial charge in [-0.05, 0) is 48.0 Å². The molecule has 3 aromatic carbocycles. The lowest BCUT2D eigenvalue weighted by Crippen LogP contribution is -2.20. The number of hydrazone groups is 1. The van der Waals surface area contributed by atoms with Crippen molar-refractivity contribution in [2.75, 3.05) is 0 Å². The van der Waals surface area contributed by atoms with E-state index in [9.17, 15) is 30.8 Å². The molecule has 33 heavy (non-hydrogen) atoms. The summed E-state index contributed by atoms with van der Waals surface area (Å²) in [6.07, 6.45) is -3.75. The molecule has 0 saturated carbocycles. The number of benzene rings is 3. The molecule has 1 N–H and O–H groups in total. The van der Waals surface area contributed by atoms with Crippen molar-refractivity contribution in [3.05, 3.63) is 95.3 Å². The highest BCUT2D eigenvalue weighted by atomic mass is 32.2. The van der Waals surface area contributed by atoms with Crippen molar-refractivity contribution in [1.29, 1.82) is 0 Å². The first-order chi connectivity index (χ1) is 15.6. The molecule has 0 aliphatic rings. The van der Waals surface area contributed by atoms with Gasteiger partial charge in [-0.15, -0.1) is 0 Å². The number of carbonyl (C=O) groups excluding carboxylic acids is 1. The van der Waals surface area contributed by atoms with Crippen molar-refractivity contribution in [2.24, 2.45) is 5.10 Å². The summed E-state index contributed by atoms with van der Waals surface area (Å²) in [4.78, 5) is 11.5. The second-order valence-electron chi connectivity index (χ2n) is 6.66. The molecule has 0 spiro atoms. The zero-order valence-electron chi connectivity index (χ0n) is 16.7. The number of nitrogens with one attached hydrogen (secondary N) is 1. The fourth-order valence-electron chi connectivity index (χ4n) is 2.67. The molecule has 0 atom stereocenters. The molecule has 0 aromatic heterocycles. The monoisotopic (exact) mass is 480 g/mol. The standard InChI is InChI=1S/C22H16F4N2O4S/c23-19-7-3-1-5-15(19)13-21(29)28-27-14-16-6-2-4-8-20(16)32-33(30,31)18-11-9-17(10-12-18)22(24,25)26/h1-12,14H,13H2,(H,28,29)/b27-14+. The van der Waals surface area contributed by atoms with Crippen LogP contribution in [-0.2, 0) is 27.5 Å². The smallest absolute Gasteiger partial charge is 0.378 e. The second-order valence-corrected chi connectivity index (χ2v) is 8.21. The van der Waals surface area contributed by atoms with Crippen molar-refractivity contribution in [3.63, 3.8) is 0 Å². The Morgan fingerprint density at radius 2 is 1.61 bits per heavy atom. The first-order valence-corrected chi connectivity index (χ1v) is 10.7. The van der Waals surface area contributed by atoms with Crippen molar-refractivity contribution in [2.45, 2.75) is 17.5 Å². The van der Waals surface area contributed by atoms with Crippen LogP contribution in [0.4, 0.5) is 17.6 Å². The van der Waals surface area contributed by atoms with Gasteiger partial charge < -0.3 is 4.18 Å². The molecule has 0 aliphatic heterocycles. The van der Waals surface area contributed by atoms with Gasteiger partial charge in [-0.3, -0.25) is 4.79 Å². The molecule has 172 valence electrons. The summed E-state index contributed by atoms with van der Waals surface area (Å²) < 4.78 is 81.7. The minimum absolute atomic E-state index is 0.162. The Bertz CT molecular complexity index is 1270. The third-order valence-electron chi connectivity index (χ3n) is 4.29. The number of rotatable bonds is 7. The SMILES string of the molecule is O=C(Cc1ccccc1F)N/N=C/c1ccccc1OS(=O)(=O)c1ccc(C(F)(F)F)cc1. The van der Waals surface area contributed by atoms with Crippen LogP contribution in [0.1, 0.15) is 16.7 Å². The summed E-state index contributed by atoms with van der Waals surface area (Å²) in [7, 11) is -4.44. The Morgan fingerprint density at radius 3 is 2.27 bits per heavy atom. The summed E-state index contributed by atoms with van der Waals surface area (Å²) in [6.45, 7) is 0. The van der Waals surface area contributed by atoms with Crippen LogP contribution in [0, 0.1) is 5.82 Å². The maximum atomic E-state index is 13.6. The predicted octanol–water partition coefficient (Wildman–Crippen LogP) is 4.31. The first kappa shape index (κ1) is 23.9. The molecule has 0 saturated heterocycles. The number of halogens is 4. The third kappa shape index (κ3) is 6.39. The first-order valence-electron chi connectivity index (χ1n) is 9.32. The highest BCUT2D eigenvalue weighted by Gasteiger charge is 2.31. The number of para-hydroxylation sites is 1. The molecule has 0 fully saturated rings. The quantitative estimate of drug-likeness (QED) is 0.237. The maximum Gasteiger partial charge on any atom is 0.416 e. The molecule has 0 heterocycles. The zero-order valence-corrected chi connectivity index (χ0v) is 17.5. The summed E-state index contributed by atoms with van der Waals surface area (Å²) in [5, 5.41) is 3.72. The van der Waals surface area contributed by atoms with Gasteiger partial charge in [0, 0.05) is 5.56 Å². The average molecular weight is 480 g/mol. The van der Waals surface area contributed by atoms with E-state index in [0.717, 1.165) is 18.3 Å². The van der Waals surface area contributed by atoms with E-state index < -0.39 is 38.5 Å². The van der Waals surface area contributed by atoms with Gasteiger partial charge in [-0.25, -0.2) is 9.82 Å². The molecule has 1 amide bonds. The van der Waals surface area contributed by atoms with Gasteiger partial charge in [0.2, 0.25) is 5.91 Å². The molecule has 6 nitrogen and oxygen atoms in total. The van der Waals surface area contributed by atoms with Crippen LogP contribution in [0.15, 0.2) is 82.8 Å². The van der Waals surface area contributed by atoms with E-state index in [1.54, 1.807) is 12.1 Å². The van der Waals surface area contributed by atoms with Crippen molar-refractivity contribution >= 4 is 22.2 Å². The fourth-order valence-corrected chi connectivity index (χ4v) is 3.62. The average Bonchev–Trinajstić information content (AvgIpc) is 2.76. The highest BCUT2D eigenvalue weighted by Crippen LogP contribution is 2.30. The van der Waals surface area contributed by atoms with Gasteiger partial charge in [0.25, 0.3) is 0 Å². The highest BCUT2D eigenvalue weighted by molar-refractivity contribution is 7.87. The van der Waals surface area contributed by atoms with E-state index in [-0.39, 0.29) is 23.3 Å². The fraction of sp³-hybridized carbons (Fsp3) is 0.0909. The second kappa shape index (κ2) is 9.82. The predicted molar refractivity (Wildman–Crippen MR) is 112 cm³/mol. The summed E-state index contributed by atoms with van der Waals surface area (Å²) in [6, 6.07) is 14.4. The van der Waals surface area contributed by atoms with Crippen molar-refractivity contribution < 1.29 is 35.0 Å². The Kier molecular flexibility index (Phi) is 7.12. The number of amides is 1. The lowest BCUT2D eigenvalue weighted by Gasteiger charge is -2.11. The van der Waals surface area contributed by atoms with E-state index in [2.05, 4.69) is 10.5 Å². The molecule has 0 unspecified atom stereocenters. The molecule has 3 aromatic rings. The number of hydrogen-bond acceptors (Lipinski definition) is 5. The number of nitrogens with zero attached hydrogens (tertiary/aromatic N) is 1. The van der Waals surface area contributed by atoms with Crippen LogP contribution in [0.25, 0.3) is 0 Å². The van der Waals surface area contributed by atoms with E-state index in [1.165, 1.54) is 36.4 Å². The van der Waals surface area contributed by atoms with Crippen LogP contribution >= 0.6 is 0 Å². The zero-order chi connectivity index (χ0) is 24.1. The van der Waals surface area contributed by atoms with Gasteiger partial charge in [-0.1, -0.05) is 30.3 Å². The number of alkyl halides is 3. The lowest BCUT2D eigenvalue weighted by atomic mass is 10.1. The van der Waals surface area contributed by atoms with E-state index in [0.29, 0.717) is 12.1 Å². The Morgan fingerprint density at radius 1 is 0.970 bits per heavy atom. The van der Waals surface area contributed by atoms with Crippen molar-refractivity contribution in [3.8, 4) is 5.75 Å². The van der Waals surface area contributed by atoms with Crippen LogP contribution in [-0.4, -0.2) is 20.5 Å². The van der Waals surface area contributed by atoms with Gasteiger partial charge in [0.05, 0.1) is 18.2 Å². The van der Waals surface area contributed by atoms with Crippen molar-refractivity contribution in [1.82, 2.24) is 5.43 Å². The molecular weight excluding hydrogens is 464 g/mol. The summed E-state index contributed by atoms with van der Waals surface area (Å²) in [5.41, 5.74) is 1.54. The normalized spacial score (nSPS) is 12.0. The van der Waals surface area contributed by atoms with E-state index in [4.69, 9.17) is 4.18 Å². The molecule has 0 bridgehead atoms. The van der Waals surface area contributed by atoms with Crippen LogP contribution in [0.2, 0.25) is 0 Å². The van der Waals surface area contributed by atoms with Gasteiger partial charge in [-0.2, -0.15) is 26.7 Å². The molecule has 3 rings (SSSR count). The van der Waals surface area contributed by atoms with Gasteiger partial charge in [0.15, 0.2) is 5.75 Å². The minimum atomic E-state index is -4.61. The Labute approximate surface area is 186 Å². The maximum absolute atomic E-state index is 13.6. The largest absolute Gasteiger partial charge is 0.416 e. The third-order valence-corrected chi connectivity index (χ3v) is 5.54. The van der Waals surface area contributed by atoms with Gasteiger partial charge >= 0.3 is 16.3 Å². The summed E-state index contributed by atoms with van der Waals surface area (Å²) in [5.74, 6) is -1.31. The Hall–Kier alpha value is -3.73. The minimum Gasteiger partial charge on any atom is -0.378 e. The number of carbonyl (C=O) groups is 1. The van der Waals surface area contributed by atoms with Gasteiger partial charge in [0.1, 0.15) is 10.7 Å². The van der Waals surface area contributed by atoms with E-state index >= 15 is 0 Å². The molecule has 11 heteroatoms. The summed E-state index contributed by atoms with van der Waals surface area (Å²) >= 11 is 0. The van der Waals surface area contributed by atoms with Crippen LogP contribution in [0.3, 0.4) is 0 Å². The molecule has 0 radical (unpaired) electrons. The van der Waals surface area contributed by atoms with Crippen LogP contribution < -0.4 is 9.61 Å². The molecule has 0 aliphatic carbocycles.